The highest BCUT2D eigenvalue weighted by molar-refractivity contribution is 5.97. The molecule has 2 heterocycles. The number of nitrogens with zero attached hydrogens (tertiary/aromatic N) is 4. The van der Waals surface area contributed by atoms with E-state index in [-0.39, 0.29) is 17.9 Å². The van der Waals surface area contributed by atoms with Crippen LogP contribution in [0.4, 0.5) is 0 Å². The van der Waals surface area contributed by atoms with Crippen molar-refractivity contribution in [1.82, 2.24) is 40.4 Å². The zero-order chi connectivity index (χ0) is 28.7. The van der Waals surface area contributed by atoms with E-state index in [1.807, 2.05) is 50.5 Å². The first-order valence-corrected chi connectivity index (χ1v) is 14.5. The minimum absolute atomic E-state index is 0.00756. The van der Waals surface area contributed by atoms with Crippen molar-refractivity contribution < 1.29 is 9.59 Å². The Morgan fingerprint density at radius 3 is 1.93 bits per heavy atom. The average molecular weight is 551 g/mol. The van der Waals surface area contributed by atoms with Gasteiger partial charge in [0.1, 0.15) is 17.7 Å². The van der Waals surface area contributed by atoms with E-state index in [0.29, 0.717) is 31.6 Å². The predicted molar refractivity (Wildman–Crippen MR) is 157 cm³/mol. The number of aromatic amines is 2. The summed E-state index contributed by atoms with van der Waals surface area (Å²) < 4.78 is 0. The van der Waals surface area contributed by atoms with Gasteiger partial charge in [-0.1, -0.05) is 26.0 Å². The summed E-state index contributed by atoms with van der Waals surface area (Å²) in [5, 5.41) is 5.96. The summed E-state index contributed by atoms with van der Waals surface area (Å²) >= 11 is 0. The Morgan fingerprint density at radius 2 is 1.43 bits per heavy atom. The molecule has 10 heteroatoms. The fourth-order valence-electron chi connectivity index (χ4n) is 4.76. The molecule has 0 saturated carbocycles. The van der Waals surface area contributed by atoms with Crippen molar-refractivity contribution in [3.8, 4) is 0 Å². The fraction of sp³-hybridized carbons (Fsp3) is 0.533. The van der Waals surface area contributed by atoms with Crippen LogP contribution in [0.2, 0.25) is 0 Å². The third-order valence-electron chi connectivity index (χ3n) is 6.58. The zero-order valence-corrected chi connectivity index (χ0v) is 24.4. The van der Waals surface area contributed by atoms with Crippen molar-refractivity contribution in [1.29, 1.82) is 0 Å². The Bertz CT molecular complexity index is 1070. The molecule has 0 saturated heterocycles. The topological polar surface area (TPSA) is 122 Å². The van der Waals surface area contributed by atoms with Crippen molar-refractivity contribution in [2.75, 3.05) is 19.6 Å². The van der Waals surface area contributed by atoms with E-state index >= 15 is 0 Å². The van der Waals surface area contributed by atoms with E-state index < -0.39 is 6.04 Å². The van der Waals surface area contributed by atoms with Crippen molar-refractivity contribution >= 4 is 11.8 Å². The first-order chi connectivity index (χ1) is 19.4. The van der Waals surface area contributed by atoms with Crippen molar-refractivity contribution in [2.45, 2.75) is 85.1 Å². The molecule has 0 aliphatic carbocycles. The molecule has 1 aromatic carbocycles. The number of aromatic nitrogens is 4. The summed E-state index contributed by atoms with van der Waals surface area (Å²) in [5.41, 5.74) is 1.60. The molecule has 0 bridgehead atoms. The van der Waals surface area contributed by atoms with E-state index in [1.165, 1.54) is 0 Å². The van der Waals surface area contributed by atoms with Gasteiger partial charge in [-0.2, -0.15) is 0 Å². The van der Waals surface area contributed by atoms with Crippen molar-refractivity contribution in [3.63, 3.8) is 0 Å². The predicted octanol–water partition coefficient (Wildman–Crippen LogP) is 3.86. The van der Waals surface area contributed by atoms with E-state index in [4.69, 9.17) is 0 Å². The van der Waals surface area contributed by atoms with E-state index in [1.54, 1.807) is 12.4 Å². The number of hydrogen-bond acceptors (Lipinski definition) is 6. The molecule has 0 unspecified atom stereocenters. The molecule has 40 heavy (non-hydrogen) atoms. The number of amides is 2. The summed E-state index contributed by atoms with van der Waals surface area (Å²) in [6.07, 6.45) is 10.8. The molecule has 2 aromatic heterocycles. The normalized spacial score (nSPS) is 12.3. The summed E-state index contributed by atoms with van der Waals surface area (Å²) in [5.74, 6) is 1.38. The first-order valence-electron chi connectivity index (χ1n) is 14.5. The second-order valence-corrected chi connectivity index (χ2v) is 10.6. The van der Waals surface area contributed by atoms with Gasteiger partial charge in [-0.3, -0.25) is 14.5 Å². The number of H-pyrrole nitrogens is 2. The lowest BCUT2D eigenvalue weighted by Crippen LogP contribution is -2.48. The van der Waals surface area contributed by atoms with Crippen LogP contribution in [0.1, 0.15) is 80.9 Å². The first kappa shape index (κ1) is 31.0. The third kappa shape index (κ3) is 10.6. The maximum atomic E-state index is 13.2. The Balaban J connectivity index is 1.62. The number of hydrogen-bond donors (Lipinski definition) is 4. The minimum atomic E-state index is -0.572. The number of nitrogens with one attached hydrogen (secondary N) is 4. The van der Waals surface area contributed by atoms with Crippen LogP contribution in [-0.4, -0.2) is 73.3 Å². The molecule has 3 aromatic rings. The summed E-state index contributed by atoms with van der Waals surface area (Å²) in [6, 6.07) is 7.00. The SMILES string of the molecule is CCCN(CCC)CCC[C@H](NC(=O)c1ccc(CN(Cc2ncc[nH]2)Cc2ncc[nH]2)cc1)C(=O)NC(C)C. The lowest BCUT2D eigenvalue weighted by molar-refractivity contribution is -0.123. The number of carbonyl (C=O) groups is 2. The summed E-state index contributed by atoms with van der Waals surface area (Å²) in [7, 11) is 0. The Labute approximate surface area is 238 Å². The number of carbonyl (C=O) groups excluding carboxylic acids is 2. The minimum Gasteiger partial charge on any atom is -0.352 e. The van der Waals surface area contributed by atoms with Crippen LogP contribution in [0, 0.1) is 0 Å². The standard InChI is InChI=1S/C30H46N8O2/c1-5-17-37(18-6-2)19-7-8-26(30(40)35-23(3)4)36-29(39)25-11-9-24(10-12-25)20-38(21-27-31-13-14-32-27)22-28-33-15-16-34-28/h9-16,23,26H,5-8,17-22H2,1-4H3,(H,31,32)(H,33,34)(H,35,40)(H,36,39)/t26-/m0/s1. The van der Waals surface area contributed by atoms with Gasteiger partial charge in [0.2, 0.25) is 5.91 Å². The molecule has 0 aliphatic heterocycles. The van der Waals surface area contributed by atoms with Gasteiger partial charge in [-0.15, -0.1) is 0 Å². The molecule has 0 fully saturated rings. The van der Waals surface area contributed by atoms with Crippen LogP contribution in [0.5, 0.6) is 0 Å². The number of imidazole rings is 2. The van der Waals surface area contributed by atoms with E-state index in [0.717, 1.165) is 56.1 Å². The number of benzene rings is 1. The zero-order valence-electron chi connectivity index (χ0n) is 24.4. The van der Waals surface area contributed by atoms with Crippen molar-refractivity contribution in [3.05, 3.63) is 71.8 Å². The van der Waals surface area contributed by atoms with Crippen molar-refractivity contribution in [2.24, 2.45) is 0 Å². The highest BCUT2D eigenvalue weighted by Gasteiger charge is 2.22. The molecular formula is C30H46N8O2. The lowest BCUT2D eigenvalue weighted by atomic mass is 10.1. The molecule has 218 valence electrons. The maximum absolute atomic E-state index is 13.2. The molecular weight excluding hydrogens is 504 g/mol. The molecule has 1 atom stereocenters. The van der Waals surface area contributed by atoms with Gasteiger partial charge in [-0.25, -0.2) is 9.97 Å². The van der Waals surface area contributed by atoms with Crippen LogP contribution >= 0.6 is 0 Å². The number of rotatable bonds is 18. The van der Waals surface area contributed by atoms with E-state index in [2.05, 4.69) is 54.2 Å². The van der Waals surface area contributed by atoms with E-state index in [9.17, 15) is 9.59 Å². The third-order valence-corrected chi connectivity index (χ3v) is 6.58. The molecule has 4 N–H and O–H groups in total. The Kier molecular flexibility index (Phi) is 12.9. The van der Waals surface area contributed by atoms with Crippen LogP contribution < -0.4 is 10.6 Å². The molecule has 3 rings (SSSR count). The molecule has 0 spiro atoms. The van der Waals surface area contributed by atoms with Gasteiger partial charge in [0.25, 0.3) is 5.91 Å². The van der Waals surface area contributed by atoms with Crippen LogP contribution in [-0.2, 0) is 24.4 Å². The molecule has 2 amide bonds. The molecule has 0 aliphatic rings. The lowest BCUT2D eigenvalue weighted by Gasteiger charge is -2.24. The highest BCUT2D eigenvalue weighted by Crippen LogP contribution is 2.13. The van der Waals surface area contributed by atoms with Crippen LogP contribution in [0.25, 0.3) is 0 Å². The molecule has 10 nitrogen and oxygen atoms in total. The van der Waals surface area contributed by atoms with Gasteiger partial charge in [0.05, 0.1) is 13.1 Å². The monoisotopic (exact) mass is 550 g/mol. The summed E-state index contributed by atoms with van der Waals surface area (Å²) in [4.78, 5) is 45.8. The average Bonchev–Trinajstić information content (AvgIpc) is 3.63. The van der Waals surface area contributed by atoms with Gasteiger partial charge in [-0.05, 0) is 76.9 Å². The van der Waals surface area contributed by atoms with Gasteiger partial charge in [0.15, 0.2) is 0 Å². The molecule has 0 radical (unpaired) electrons. The largest absolute Gasteiger partial charge is 0.352 e. The van der Waals surface area contributed by atoms with Gasteiger partial charge >= 0.3 is 0 Å². The van der Waals surface area contributed by atoms with Gasteiger partial charge < -0.3 is 25.5 Å². The quantitative estimate of drug-likeness (QED) is 0.191. The van der Waals surface area contributed by atoms with Gasteiger partial charge in [0, 0.05) is 42.9 Å². The fourth-order valence-corrected chi connectivity index (χ4v) is 4.76. The highest BCUT2D eigenvalue weighted by atomic mass is 16.2. The van der Waals surface area contributed by atoms with Crippen LogP contribution in [0.15, 0.2) is 49.1 Å². The maximum Gasteiger partial charge on any atom is 0.251 e. The Hall–Kier alpha value is -3.50. The summed E-state index contributed by atoms with van der Waals surface area (Å²) in [6.45, 7) is 13.2. The second-order valence-electron chi connectivity index (χ2n) is 10.6. The Morgan fingerprint density at radius 1 is 0.825 bits per heavy atom. The van der Waals surface area contributed by atoms with Crippen LogP contribution in [0.3, 0.4) is 0 Å². The second kappa shape index (κ2) is 16.6. The smallest absolute Gasteiger partial charge is 0.251 e.